The Labute approximate surface area is 160 Å². The molecule has 0 unspecified atom stereocenters. The predicted octanol–water partition coefficient (Wildman–Crippen LogP) is 2.56. The SMILES string of the molecule is COc1cccc(C(=O)N2CCCN(C(=O)Cc3cc(C)[nH]c3C)CC2)c1. The second kappa shape index (κ2) is 8.29. The van der Waals surface area contributed by atoms with Crippen molar-refractivity contribution < 1.29 is 14.3 Å². The lowest BCUT2D eigenvalue weighted by molar-refractivity contribution is -0.130. The van der Waals surface area contributed by atoms with Gasteiger partial charge in [0.1, 0.15) is 5.75 Å². The number of aryl methyl sites for hydroxylation is 2. The van der Waals surface area contributed by atoms with Crippen molar-refractivity contribution in [2.24, 2.45) is 0 Å². The molecule has 27 heavy (non-hydrogen) atoms. The van der Waals surface area contributed by atoms with Crippen LogP contribution in [-0.2, 0) is 11.2 Å². The molecule has 0 bridgehead atoms. The van der Waals surface area contributed by atoms with Gasteiger partial charge in [0, 0.05) is 43.1 Å². The molecule has 1 fully saturated rings. The second-order valence-electron chi connectivity index (χ2n) is 7.04. The molecule has 0 spiro atoms. The zero-order chi connectivity index (χ0) is 19.4. The molecule has 6 nitrogen and oxygen atoms in total. The van der Waals surface area contributed by atoms with Gasteiger partial charge in [0.2, 0.25) is 5.91 Å². The topological polar surface area (TPSA) is 65.6 Å². The highest BCUT2D eigenvalue weighted by Crippen LogP contribution is 2.17. The molecule has 1 aliphatic heterocycles. The number of benzene rings is 1. The van der Waals surface area contributed by atoms with Crippen LogP contribution in [0.3, 0.4) is 0 Å². The summed E-state index contributed by atoms with van der Waals surface area (Å²) in [5.41, 5.74) is 3.78. The summed E-state index contributed by atoms with van der Waals surface area (Å²) in [6.07, 6.45) is 1.19. The molecule has 0 saturated carbocycles. The Bertz CT molecular complexity index is 828. The number of aromatic nitrogens is 1. The van der Waals surface area contributed by atoms with E-state index in [-0.39, 0.29) is 11.8 Å². The van der Waals surface area contributed by atoms with Crippen LogP contribution in [0.15, 0.2) is 30.3 Å². The number of rotatable bonds is 4. The summed E-state index contributed by atoms with van der Waals surface area (Å²) in [6, 6.07) is 9.23. The Kier molecular flexibility index (Phi) is 5.84. The van der Waals surface area contributed by atoms with Crippen molar-refractivity contribution >= 4 is 11.8 Å². The highest BCUT2D eigenvalue weighted by molar-refractivity contribution is 5.94. The number of H-pyrrole nitrogens is 1. The minimum atomic E-state index is -0.0136. The van der Waals surface area contributed by atoms with Crippen molar-refractivity contribution in [3.63, 3.8) is 0 Å². The largest absolute Gasteiger partial charge is 0.497 e. The van der Waals surface area contributed by atoms with E-state index >= 15 is 0 Å². The van der Waals surface area contributed by atoms with Gasteiger partial charge in [-0.15, -0.1) is 0 Å². The molecule has 0 aliphatic carbocycles. The molecule has 144 valence electrons. The average molecular weight is 369 g/mol. The van der Waals surface area contributed by atoms with E-state index in [2.05, 4.69) is 4.98 Å². The van der Waals surface area contributed by atoms with Crippen LogP contribution in [0.2, 0.25) is 0 Å². The minimum absolute atomic E-state index is 0.0136. The van der Waals surface area contributed by atoms with Gasteiger partial charge >= 0.3 is 0 Å². The molecule has 1 aromatic carbocycles. The predicted molar refractivity (Wildman–Crippen MR) is 104 cm³/mol. The van der Waals surface area contributed by atoms with Crippen LogP contribution < -0.4 is 4.74 Å². The molecule has 6 heteroatoms. The molecular formula is C21H27N3O3. The number of methoxy groups -OCH3 is 1. The monoisotopic (exact) mass is 369 g/mol. The van der Waals surface area contributed by atoms with E-state index in [1.54, 1.807) is 19.2 Å². The van der Waals surface area contributed by atoms with Crippen LogP contribution in [0.25, 0.3) is 0 Å². The fourth-order valence-corrected chi connectivity index (χ4v) is 3.55. The lowest BCUT2D eigenvalue weighted by Gasteiger charge is -2.22. The first-order valence-electron chi connectivity index (χ1n) is 9.34. The molecule has 1 aromatic heterocycles. The molecule has 2 heterocycles. The lowest BCUT2D eigenvalue weighted by Crippen LogP contribution is -2.38. The first-order chi connectivity index (χ1) is 13.0. The standard InChI is InChI=1S/C21H27N3O3/c1-15-12-18(16(2)22-15)14-20(25)23-8-5-9-24(11-10-23)21(26)17-6-4-7-19(13-17)27-3/h4,6-7,12-13,22H,5,8-11,14H2,1-3H3. The number of carbonyl (C=O) groups is 2. The van der Waals surface area contributed by atoms with Gasteiger partial charge in [0.15, 0.2) is 0 Å². The summed E-state index contributed by atoms with van der Waals surface area (Å²) in [5, 5.41) is 0. The number of nitrogens with zero attached hydrogens (tertiary/aromatic N) is 2. The molecule has 2 aromatic rings. The van der Waals surface area contributed by atoms with Crippen molar-refractivity contribution in [3.8, 4) is 5.75 Å². The van der Waals surface area contributed by atoms with E-state index in [9.17, 15) is 9.59 Å². The summed E-state index contributed by atoms with van der Waals surface area (Å²) >= 11 is 0. The van der Waals surface area contributed by atoms with Crippen LogP contribution in [0.1, 0.15) is 33.7 Å². The summed E-state index contributed by atoms with van der Waals surface area (Å²) in [4.78, 5) is 32.4. The summed E-state index contributed by atoms with van der Waals surface area (Å²) in [7, 11) is 1.59. The van der Waals surface area contributed by atoms with Gasteiger partial charge in [-0.25, -0.2) is 0 Å². The Morgan fingerprint density at radius 2 is 1.81 bits per heavy atom. The second-order valence-corrected chi connectivity index (χ2v) is 7.04. The van der Waals surface area contributed by atoms with Crippen molar-refractivity contribution in [1.82, 2.24) is 14.8 Å². The molecule has 3 rings (SSSR count). The van der Waals surface area contributed by atoms with Crippen LogP contribution in [0, 0.1) is 13.8 Å². The van der Waals surface area contributed by atoms with Gasteiger partial charge < -0.3 is 19.5 Å². The smallest absolute Gasteiger partial charge is 0.254 e. The van der Waals surface area contributed by atoms with Crippen LogP contribution >= 0.6 is 0 Å². The summed E-state index contributed by atoms with van der Waals surface area (Å²) in [5.74, 6) is 0.776. The molecule has 1 N–H and O–H groups in total. The Hall–Kier alpha value is -2.76. The number of hydrogen-bond donors (Lipinski definition) is 1. The maximum absolute atomic E-state index is 12.8. The van der Waals surface area contributed by atoms with E-state index < -0.39 is 0 Å². The van der Waals surface area contributed by atoms with Gasteiger partial charge in [0.25, 0.3) is 5.91 Å². The quantitative estimate of drug-likeness (QED) is 0.901. The van der Waals surface area contributed by atoms with Gasteiger partial charge in [-0.1, -0.05) is 6.07 Å². The number of carbonyl (C=O) groups excluding carboxylic acids is 2. The Morgan fingerprint density at radius 1 is 1.07 bits per heavy atom. The van der Waals surface area contributed by atoms with E-state index in [4.69, 9.17) is 4.74 Å². The normalized spacial score (nSPS) is 14.8. The summed E-state index contributed by atoms with van der Waals surface area (Å²) < 4.78 is 5.21. The van der Waals surface area contributed by atoms with E-state index in [1.807, 2.05) is 41.8 Å². The molecule has 1 saturated heterocycles. The highest BCUT2D eigenvalue weighted by Gasteiger charge is 2.23. The highest BCUT2D eigenvalue weighted by atomic mass is 16.5. The molecule has 0 atom stereocenters. The fraction of sp³-hybridized carbons (Fsp3) is 0.429. The van der Waals surface area contributed by atoms with E-state index in [0.717, 1.165) is 23.4 Å². The molecule has 2 amide bonds. The Morgan fingerprint density at radius 3 is 2.52 bits per heavy atom. The van der Waals surface area contributed by atoms with Gasteiger partial charge in [-0.2, -0.15) is 0 Å². The maximum Gasteiger partial charge on any atom is 0.254 e. The maximum atomic E-state index is 12.8. The third-order valence-electron chi connectivity index (χ3n) is 5.05. The van der Waals surface area contributed by atoms with Gasteiger partial charge in [0.05, 0.1) is 13.5 Å². The third-order valence-corrected chi connectivity index (χ3v) is 5.05. The van der Waals surface area contributed by atoms with Crippen LogP contribution in [0.5, 0.6) is 5.75 Å². The average Bonchev–Trinajstić information content (AvgIpc) is 2.87. The number of ether oxygens (including phenoxy) is 1. The summed E-state index contributed by atoms with van der Waals surface area (Å²) in [6.45, 7) is 6.44. The lowest BCUT2D eigenvalue weighted by atomic mass is 10.1. The fourth-order valence-electron chi connectivity index (χ4n) is 3.55. The third kappa shape index (κ3) is 4.51. The van der Waals surface area contributed by atoms with Crippen molar-refractivity contribution in [2.75, 3.05) is 33.3 Å². The number of nitrogens with one attached hydrogen (secondary N) is 1. The number of aromatic amines is 1. The minimum Gasteiger partial charge on any atom is -0.497 e. The molecule has 1 aliphatic rings. The zero-order valence-corrected chi connectivity index (χ0v) is 16.2. The first kappa shape index (κ1) is 19.0. The van der Waals surface area contributed by atoms with Crippen LogP contribution in [-0.4, -0.2) is 59.9 Å². The first-order valence-corrected chi connectivity index (χ1v) is 9.34. The van der Waals surface area contributed by atoms with Crippen molar-refractivity contribution in [3.05, 3.63) is 52.8 Å². The Balaban J connectivity index is 1.62. The zero-order valence-electron chi connectivity index (χ0n) is 16.2. The number of amides is 2. The molecule has 0 radical (unpaired) electrons. The van der Waals surface area contributed by atoms with E-state index in [0.29, 0.717) is 43.9 Å². The van der Waals surface area contributed by atoms with Crippen LogP contribution in [0.4, 0.5) is 0 Å². The number of hydrogen-bond acceptors (Lipinski definition) is 3. The van der Waals surface area contributed by atoms with Crippen molar-refractivity contribution in [1.29, 1.82) is 0 Å². The van der Waals surface area contributed by atoms with E-state index in [1.165, 1.54) is 0 Å². The van der Waals surface area contributed by atoms with Gasteiger partial charge in [-0.05, 0) is 50.1 Å². The molecular weight excluding hydrogens is 342 g/mol. The van der Waals surface area contributed by atoms with Gasteiger partial charge in [-0.3, -0.25) is 9.59 Å². The van der Waals surface area contributed by atoms with Crippen molar-refractivity contribution in [2.45, 2.75) is 26.7 Å².